The minimum Gasteiger partial charge on any atom is -0.360 e. The van der Waals surface area contributed by atoms with Crippen LogP contribution in [0.3, 0.4) is 0 Å². The molecule has 2 heterocycles. The third-order valence-electron chi connectivity index (χ3n) is 1.81. The van der Waals surface area contributed by atoms with E-state index in [2.05, 4.69) is 25.9 Å². The average molecular weight is 208 g/mol. The molecule has 0 aromatic carbocycles. The van der Waals surface area contributed by atoms with Gasteiger partial charge in [-0.1, -0.05) is 5.16 Å². The van der Waals surface area contributed by atoms with Crippen LogP contribution in [0.4, 0.5) is 0 Å². The molecule has 0 amide bonds. The van der Waals surface area contributed by atoms with Gasteiger partial charge in [0.1, 0.15) is 0 Å². The normalized spacial score (nSPS) is 10.8. The monoisotopic (exact) mass is 208 g/mol. The van der Waals surface area contributed by atoms with Gasteiger partial charge >= 0.3 is 0 Å². The van der Waals surface area contributed by atoms with Crippen LogP contribution in [0.5, 0.6) is 0 Å². The van der Waals surface area contributed by atoms with E-state index in [-0.39, 0.29) is 0 Å². The highest BCUT2D eigenvalue weighted by molar-refractivity contribution is 5.02. The molecule has 1 N–H and O–H groups in total. The van der Waals surface area contributed by atoms with Gasteiger partial charge in [-0.2, -0.15) is 4.80 Å². The molecule has 7 heteroatoms. The van der Waals surface area contributed by atoms with Crippen LogP contribution in [0, 0.1) is 6.92 Å². The van der Waals surface area contributed by atoms with E-state index in [1.807, 2.05) is 13.0 Å². The fourth-order valence-electron chi connectivity index (χ4n) is 1.19. The predicted octanol–water partition coefficient (Wildman–Crippen LogP) is -0.204. The van der Waals surface area contributed by atoms with Crippen LogP contribution < -0.4 is 5.32 Å². The smallest absolute Gasteiger partial charge is 0.188 e. The number of hydrogen-bond donors (Lipinski definition) is 1. The van der Waals surface area contributed by atoms with Gasteiger partial charge in [-0.25, -0.2) is 0 Å². The largest absolute Gasteiger partial charge is 0.360 e. The summed E-state index contributed by atoms with van der Waals surface area (Å²) in [5, 5.41) is 18.5. The summed E-state index contributed by atoms with van der Waals surface area (Å²) in [7, 11) is 1.73. The van der Waals surface area contributed by atoms with Crippen molar-refractivity contribution >= 4 is 0 Å². The number of nitrogens with zero attached hydrogens (tertiary/aromatic N) is 5. The van der Waals surface area contributed by atoms with Gasteiger partial charge < -0.3 is 9.84 Å². The Morgan fingerprint density at radius 3 is 2.93 bits per heavy atom. The van der Waals surface area contributed by atoms with Crippen LogP contribution in [0.2, 0.25) is 0 Å². The number of aryl methyl sites for hydroxylation is 2. The zero-order valence-electron chi connectivity index (χ0n) is 8.64. The van der Waals surface area contributed by atoms with E-state index in [0.29, 0.717) is 18.9 Å². The molecule has 2 aromatic rings. The predicted molar refractivity (Wildman–Crippen MR) is 50.6 cm³/mol. The summed E-state index contributed by atoms with van der Waals surface area (Å²) in [5.74, 6) is 1.46. The first-order valence-electron chi connectivity index (χ1n) is 4.60. The van der Waals surface area contributed by atoms with Gasteiger partial charge in [0.25, 0.3) is 0 Å². The summed E-state index contributed by atoms with van der Waals surface area (Å²) in [6, 6.07) is 1.89. The molecule has 80 valence electrons. The Bertz CT molecular complexity index is 394. The molecule has 0 unspecified atom stereocenters. The summed E-state index contributed by atoms with van der Waals surface area (Å²) in [5.41, 5.74) is 0.879. The topological polar surface area (TPSA) is 81.7 Å². The Morgan fingerprint density at radius 1 is 1.47 bits per heavy atom. The van der Waals surface area contributed by atoms with Crippen molar-refractivity contribution in [1.29, 1.82) is 0 Å². The van der Waals surface area contributed by atoms with Crippen molar-refractivity contribution in [1.82, 2.24) is 30.7 Å². The van der Waals surface area contributed by atoms with E-state index in [1.54, 1.807) is 7.05 Å². The quantitative estimate of drug-likeness (QED) is 0.749. The lowest BCUT2D eigenvalue weighted by Crippen LogP contribution is -2.13. The maximum Gasteiger partial charge on any atom is 0.188 e. The fraction of sp³-hybridized carbons (Fsp3) is 0.500. The van der Waals surface area contributed by atoms with Gasteiger partial charge in [0.2, 0.25) is 0 Å². The summed E-state index contributed by atoms with van der Waals surface area (Å²) >= 11 is 0. The molecule has 0 aliphatic carbocycles. The lowest BCUT2D eigenvalue weighted by Gasteiger charge is -1.96. The minimum atomic E-state index is 0.563. The van der Waals surface area contributed by atoms with E-state index < -0.39 is 0 Å². The van der Waals surface area contributed by atoms with E-state index in [9.17, 15) is 0 Å². The van der Waals surface area contributed by atoms with E-state index in [4.69, 9.17) is 4.52 Å². The standard InChI is InChI=1S/C8H12N6O/c1-6-3-7(15-12-6)4-9-5-8-10-13-14(2)11-8/h3,9H,4-5H2,1-2H3. The third-order valence-corrected chi connectivity index (χ3v) is 1.81. The van der Waals surface area contributed by atoms with Gasteiger partial charge in [0, 0.05) is 6.07 Å². The molecule has 15 heavy (non-hydrogen) atoms. The van der Waals surface area contributed by atoms with Gasteiger partial charge in [0.05, 0.1) is 25.8 Å². The molecular weight excluding hydrogens is 196 g/mol. The lowest BCUT2D eigenvalue weighted by atomic mass is 10.4. The van der Waals surface area contributed by atoms with Crippen LogP contribution in [0.15, 0.2) is 10.6 Å². The van der Waals surface area contributed by atoms with E-state index >= 15 is 0 Å². The van der Waals surface area contributed by atoms with Crippen LogP contribution in [-0.4, -0.2) is 25.4 Å². The summed E-state index contributed by atoms with van der Waals surface area (Å²) in [6.07, 6.45) is 0. The summed E-state index contributed by atoms with van der Waals surface area (Å²) in [4.78, 5) is 1.43. The maximum absolute atomic E-state index is 5.03. The van der Waals surface area contributed by atoms with Gasteiger partial charge in [-0.05, 0) is 12.1 Å². The summed E-state index contributed by atoms with van der Waals surface area (Å²) in [6.45, 7) is 3.06. The highest BCUT2D eigenvalue weighted by atomic mass is 16.5. The van der Waals surface area contributed by atoms with Crippen molar-refractivity contribution in [2.24, 2.45) is 7.05 Å². The summed E-state index contributed by atoms with van der Waals surface area (Å²) < 4.78 is 5.03. The van der Waals surface area contributed by atoms with Gasteiger partial charge in [-0.3, -0.25) is 0 Å². The van der Waals surface area contributed by atoms with Crippen molar-refractivity contribution in [3.63, 3.8) is 0 Å². The second-order valence-corrected chi connectivity index (χ2v) is 3.23. The molecule has 0 aliphatic heterocycles. The zero-order valence-corrected chi connectivity index (χ0v) is 8.64. The minimum absolute atomic E-state index is 0.563. The highest BCUT2D eigenvalue weighted by Gasteiger charge is 2.02. The Kier molecular flexibility index (Phi) is 2.72. The molecule has 7 nitrogen and oxygen atoms in total. The van der Waals surface area contributed by atoms with Crippen LogP contribution in [0.25, 0.3) is 0 Å². The molecule has 0 fully saturated rings. The Labute approximate surface area is 86.4 Å². The third kappa shape index (κ3) is 2.59. The van der Waals surface area contributed by atoms with Crippen LogP contribution in [0.1, 0.15) is 17.3 Å². The van der Waals surface area contributed by atoms with Crippen molar-refractivity contribution in [3.8, 4) is 0 Å². The molecule has 0 bridgehead atoms. The van der Waals surface area contributed by atoms with Crippen molar-refractivity contribution < 1.29 is 4.52 Å². The van der Waals surface area contributed by atoms with E-state index in [1.165, 1.54) is 4.80 Å². The van der Waals surface area contributed by atoms with Crippen molar-refractivity contribution in [3.05, 3.63) is 23.3 Å². The van der Waals surface area contributed by atoms with Crippen molar-refractivity contribution in [2.45, 2.75) is 20.0 Å². The van der Waals surface area contributed by atoms with Crippen LogP contribution in [-0.2, 0) is 20.1 Å². The molecule has 2 aromatic heterocycles. The zero-order chi connectivity index (χ0) is 10.7. The van der Waals surface area contributed by atoms with Crippen LogP contribution >= 0.6 is 0 Å². The highest BCUT2D eigenvalue weighted by Crippen LogP contribution is 2.01. The first-order chi connectivity index (χ1) is 7.24. The fourth-order valence-corrected chi connectivity index (χ4v) is 1.19. The molecule has 0 aliphatic rings. The van der Waals surface area contributed by atoms with Gasteiger partial charge in [0.15, 0.2) is 11.6 Å². The maximum atomic E-state index is 5.03. The molecule has 0 atom stereocenters. The van der Waals surface area contributed by atoms with Crippen molar-refractivity contribution in [2.75, 3.05) is 0 Å². The molecule has 0 radical (unpaired) electrons. The number of aromatic nitrogens is 5. The SMILES string of the molecule is Cc1cc(CNCc2nnn(C)n2)on1. The Hall–Kier alpha value is -1.76. The second kappa shape index (κ2) is 4.18. The first kappa shape index (κ1) is 9.78. The number of nitrogens with one attached hydrogen (secondary N) is 1. The molecule has 0 saturated carbocycles. The molecule has 0 saturated heterocycles. The van der Waals surface area contributed by atoms with Gasteiger partial charge in [-0.15, -0.1) is 10.2 Å². The first-order valence-corrected chi connectivity index (χ1v) is 4.60. The average Bonchev–Trinajstić information content (AvgIpc) is 2.76. The number of hydrogen-bond acceptors (Lipinski definition) is 6. The molecule has 0 spiro atoms. The molecular formula is C8H12N6O. The lowest BCUT2D eigenvalue weighted by molar-refractivity contribution is 0.369. The number of tetrazole rings is 1. The second-order valence-electron chi connectivity index (χ2n) is 3.23. The Morgan fingerprint density at radius 2 is 2.33 bits per heavy atom. The number of rotatable bonds is 4. The van der Waals surface area contributed by atoms with E-state index in [0.717, 1.165) is 11.5 Å². The Balaban J connectivity index is 1.80. The molecule has 2 rings (SSSR count).